The van der Waals surface area contributed by atoms with Crippen molar-refractivity contribution < 1.29 is 9.90 Å². The van der Waals surface area contributed by atoms with Crippen LogP contribution in [0.5, 0.6) is 0 Å². The molecule has 3 atom stereocenters. The molecule has 0 saturated carbocycles. The van der Waals surface area contributed by atoms with Gasteiger partial charge in [0.1, 0.15) is 0 Å². The Morgan fingerprint density at radius 2 is 1.90 bits per heavy atom. The Morgan fingerprint density at radius 1 is 1.30 bits per heavy atom. The lowest BCUT2D eigenvalue weighted by Crippen LogP contribution is -2.46. The Balaban J connectivity index is 2.46. The molecule has 1 aromatic rings. The van der Waals surface area contributed by atoms with E-state index < -0.39 is 5.60 Å². The van der Waals surface area contributed by atoms with Gasteiger partial charge in [0.05, 0.1) is 5.60 Å². The molecule has 2 N–H and O–H groups in total. The molecule has 1 amide bonds. The number of benzene rings is 1. The minimum absolute atomic E-state index is 0.00238. The van der Waals surface area contributed by atoms with E-state index in [0.717, 1.165) is 18.4 Å². The monoisotopic (exact) mass is 277 g/mol. The van der Waals surface area contributed by atoms with Crippen molar-refractivity contribution in [1.29, 1.82) is 0 Å². The topological polar surface area (TPSA) is 49.3 Å². The fraction of sp³-hybridized carbons (Fsp3) is 0.588. The van der Waals surface area contributed by atoms with Gasteiger partial charge in [-0.2, -0.15) is 0 Å². The third-order valence-corrected chi connectivity index (χ3v) is 4.13. The Bertz CT molecular complexity index is 414. The molecule has 0 heterocycles. The molecular formula is C17H27NO2. The van der Waals surface area contributed by atoms with Gasteiger partial charge in [0.25, 0.3) is 0 Å². The minimum atomic E-state index is -0.850. The zero-order valence-electron chi connectivity index (χ0n) is 13.0. The molecule has 0 bridgehead atoms. The molecule has 0 spiro atoms. The number of nitrogens with one attached hydrogen (secondary N) is 1. The van der Waals surface area contributed by atoms with Gasteiger partial charge in [-0.15, -0.1) is 0 Å². The Hall–Kier alpha value is -1.35. The zero-order valence-corrected chi connectivity index (χ0v) is 13.0. The molecule has 112 valence electrons. The lowest BCUT2D eigenvalue weighted by Gasteiger charge is -2.30. The molecule has 3 nitrogen and oxygen atoms in total. The van der Waals surface area contributed by atoms with E-state index in [0.29, 0.717) is 6.54 Å². The lowest BCUT2D eigenvalue weighted by atomic mass is 9.88. The summed E-state index contributed by atoms with van der Waals surface area (Å²) >= 11 is 0. The number of hydrogen-bond donors (Lipinski definition) is 2. The molecule has 0 aliphatic carbocycles. The van der Waals surface area contributed by atoms with E-state index in [1.165, 1.54) is 0 Å². The molecule has 0 saturated heterocycles. The second-order valence-corrected chi connectivity index (χ2v) is 5.98. The summed E-state index contributed by atoms with van der Waals surface area (Å²) in [6, 6.07) is 9.98. The van der Waals surface area contributed by atoms with Gasteiger partial charge in [0.15, 0.2) is 0 Å². The molecule has 0 aliphatic rings. The first-order chi connectivity index (χ1) is 9.36. The van der Waals surface area contributed by atoms with E-state index in [4.69, 9.17) is 0 Å². The van der Waals surface area contributed by atoms with E-state index in [1.807, 2.05) is 51.1 Å². The molecule has 0 aliphatic heterocycles. The van der Waals surface area contributed by atoms with E-state index in [2.05, 4.69) is 5.32 Å². The molecule has 0 radical (unpaired) electrons. The normalized spacial score (nSPS) is 17.1. The number of hydrogen-bond acceptors (Lipinski definition) is 2. The predicted molar refractivity (Wildman–Crippen MR) is 82.4 cm³/mol. The number of amides is 1. The van der Waals surface area contributed by atoms with Gasteiger partial charge in [0.2, 0.25) is 5.91 Å². The summed E-state index contributed by atoms with van der Waals surface area (Å²) in [6.07, 6.45) is 1.61. The van der Waals surface area contributed by atoms with E-state index in [-0.39, 0.29) is 17.7 Å². The fourth-order valence-electron chi connectivity index (χ4n) is 2.11. The van der Waals surface area contributed by atoms with E-state index >= 15 is 0 Å². The summed E-state index contributed by atoms with van der Waals surface area (Å²) in [5.74, 6) is 0.0646. The first-order valence-electron chi connectivity index (χ1n) is 7.40. The van der Waals surface area contributed by atoms with Crippen LogP contribution < -0.4 is 5.32 Å². The molecular weight excluding hydrogens is 250 g/mol. The van der Waals surface area contributed by atoms with Gasteiger partial charge in [-0.3, -0.25) is 4.79 Å². The van der Waals surface area contributed by atoms with Crippen LogP contribution >= 0.6 is 0 Å². The number of rotatable bonds is 7. The van der Waals surface area contributed by atoms with Gasteiger partial charge in [0, 0.05) is 12.5 Å². The third kappa shape index (κ3) is 4.97. The van der Waals surface area contributed by atoms with Crippen molar-refractivity contribution in [2.45, 2.75) is 46.1 Å². The van der Waals surface area contributed by atoms with Crippen LogP contribution in [0.2, 0.25) is 0 Å². The highest BCUT2D eigenvalue weighted by atomic mass is 16.3. The average Bonchev–Trinajstić information content (AvgIpc) is 2.44. The van der Waals surface area contributed by atoms with Gasteiger partial charge >= 0.3 is 0 Å². The maximum atomic E-state index is 12.1. The quantitative estimate of drug-likeness (QED) is 0.805. The Kier molecular flexibility index (Phi) is 6.21. The Morgan fingerprint density at radius 3 is 2.45 bits per heavy atom. The van der Waals surface area contributed by atoms with Gasteiger partial charge in [-0.1, -0.05) is 57.5 Å². The van der Waals surface area contributed by atoms with Gasteiger partial charge in [-0.05, 0) is 24.8 Å². The van der Waals surface area contributed by atoms with Crippen LogP contribution in [-0.2, 0) is 11.2 Å². The average molecular weight is 277 g/mol. The van der Waals surface area contributed by atoms with Crippen LogP contribution in [0, 0.1) is 11.8 Å². The minimum Gasteiger partial charge on any atom is -0.388 e. The van der Waals surface area contributed by atoms with Crippen molar-refractivity contribution >= 4 is 5.91 Å². The summed E-state index contributed by atoms with van der Waals surface area (Å²) in [6.45, 7) is 8.04. The fourth-order valence-corrected chi connectivity index (χ4v) is 2.11. The van der Waals surface area contributed by atoms with Crippen molar-refractivity contribution in [2.75, 3.05) is 6.54 Å². The van der Waals surface area contributed by atoms with E-state index in [9.17, 15) is 9.90 Å². The van der Waals surface area contributed by atoms with Crippen LogP contribution in [0.4, 0.5) is 0 Å². The zero-order chi connectivity index (χ0) is 15.2. The number of carbonyl (C=O) groups excluding carboxylic acids is 1. The SMILES string of the molecule is CCC(C)C(C)(O)CNC(=O)C(C)Cc1ccccc1. The van der Waals surface area contributed by atoms with Crippen molar-refractivity contribution in [3.05, 3.63) is 35.9 Å². The molecule has 0 fully saturated rings. The van der Waals surface area contributed by atoms with E-state index in [1.54, 1.807) is 6.92 Å². The first-order valence-corrected chi connectivity index (χ1v) is 7.40. The van der Waals surface area contributed by atoms with Crippen LogP contribution in [-0.4, -0.2) is 23.2 Å². The van der Waals surface area contributed by atoms with Crippen LogP contribution in [0.1, 0.15) is 39.7 Å². The Labute approximate surface area is 122 Å². The molecule has 0 aromatic heterocycles. The second-order valence-electron chi connectivity index (χ2n) is 5.98. The summed E-state index contributed by atoms with van der Waals surface area (Å²) in [5, 5.41) is 13.2. The maximum Gasteiger partial charge on any atom is 0.223 e. The molecule has 1 aromatic carbocycles. The predicted octanol–water partition coefficient (Wildman–Crippen LogP) is 2.78. The summed E-state index contributed by atoms with van der Waals surface area (Å²) in [5.41, 5.74) is 0.306. The van der Waals surface area contributed by atoms with Crippen molar-refractivity contribution in [1.82, 2.24) is 5.32 Å². The maximum absolute atomic E-state index is 12.1. The lowest BCUT2D eigenvalue weighted by molar-refractivity contribution is -0.126. The van der Waals surface area contributed by atoms with Gasteiger partial charge < -0.3 is 10.4 Å². The molecule has 3 heteroatoms. The van der Waals surface area contributed by atoms with Gasteiger partial charge in [-0.25, -0.2) is 0 Å². The van der Waals surface area contributed by atoms with Crippen molar-refractivity contribution in [2.24, 2.45) is 11.8 Å². The number of aliphatic hydroxyl groups is 1. The highest BCUT2D eigenvalue weighted by Crippen LogP contribution is 2.19. The van der Waals surface area contributed by atoms with Crippen LogP contribution in [0.25, 0.3) is 0 Å². The highest BCUT2D eigenvalue weighted by molar-refractivity contribution is 5.78. The smallest absolute Gasteiger partial charge is 0.223 e. The summed E-state index contributed by atoms with van der Waals surface area (Å²) in [7, 11) is 0. The summed E-state index contributed by atoms with van der Waals surface area (Å²) < 4.78 is 0. The molecule has 20 heavy (non-hydrogen) atoms. The largest absolute Gasteiger partial charge is 0.388 e. The summed E-state index contributed by atoms with van der Waals surface area (Å²) in [4.78, 5) is 12.1. The standard InChI is InChI=1S/C17H27NO2/c1-5-14(3)17(4,20)12-18-16(19)13(2)11-15-9-7-6-8-10-15/h6-10,13-14,20H,5,11-12H2,1-4H3,(H,18,19). The molecule has 1 rings (SSSR count). The number of carbonyl (C=O) groups is 1. The van der Waals surface area contributed by atoms with Crippen molar-refractivity contribution in [3.8, 4) is 0 Å². The molecule has 3 unspecified atom stereocenters. The van der Waals surface area contributed by atoms with Crippen LogP contribution in [0.15, 0.2) is 30.3 Å². The second kappa shape index (κ2) is 7.44. The van der Waals surface area contributed by atoms with Crippen LogP contribution in [0.3, 0.4) is 0 Å². The first kappa shape index (κ1) is 16.7. The van der Waals surface area contributed by atoms with Crippen molar-refractivity contribution in [3.63, 3.8) is 0 Å². The highest BCUT2D eigenvalue weighted by Gasteiger charge is 2.28. The third-order valence-electron chi connectivity index (χ3n) is 4.13.